The van der Waals surface area contributed by atoms with Gasteiger partial charge in [0, 0.05) is 77.8 Å². The summed E-state index contributed by atoms with van der Waals surface area (Å²) < 4.78 is 57.6. The fourth-order valence-corrected chi connectivity index (χ4v) is 8.99. The third-order valence-corrected chi connectivity index (χ3v) is 12.7. The van der Waals surface area contributed by atoms with E-state index in [9.17, 15) is 37.4 Å². The molecule has 0 aliphatic carbocycles. The van der Waals surface area contributed by atoms with Crippen LogP contribution in [0, 0.1) is 11.8 Å². The number of para-hydroxylation sites is 2. The van der Waals surface area contributed by atoms with E-state index in [1.807, 2.05) is 60.7 Å². The molecule has 0 unspecified atom stereocenters. The number of nitrogens with two attached hydrogens (primary N) is 1. The average molecular weight is 1120 g/mol. The smallest absolute Gasteiger partial charge is 0.387 e. The Morgan fingerprint density at radius 3 is 1.44 bits per heavy atom. The Hall–Kier alpha value is -4.77. The Bertz CT molecular complexity index is 2070. The number of benzene rings is 4. The minimum Gasteiger partial charge on any atom is -0.481 e. The van der Waals surface area contributed by atoms with Crippen LogP contribution >= 0.6 is 0 Å². The molecule has 1 amide bonds. The second kappa shape index (κ2) is 27.4. The number of rotatable bonds is 17. The number of alkyl halides is 4. The van der Waals surface area contributed by atoms with E-state index in [0.717, 1.165) is 76.3 Å². The van der Waals surface area contributed by atoms with Crippen molar-refractivity contribution < 1.29 is 73.0 Å². The molecule has 68 heavy (non-hydrogen) atoms. The Labute approximate surface area is 410 Å². The number of likely N-dealkylation sites (tertiary alicyclic amines) is 2. The van der Waals surface area contributed by atoms with E-state index < -0.39 is 43.5 Å². The molecule has 6 N–H and O–H groups in total. The molecular formula is C50H64F4N6O7W. The van der Waals surface area contributed by atoms with E-state index in [0.29, 0.717) is 37.3 Å². The summed E-state index contributed by atoms with van der Waals surface area (Å²) in [7, 11) is 0. The monoisotopic (exact) mass is 1120 g/mol. The van der Waals surface area contributed by atoms with Gasteiger partial charge in [-0.3, -0.25) is 9.59 Å². The first kappa shape index (κ1) is 54.2. The summed E-state index contributed by atoms with van der Waals surface area (Å²) in [5, 5.41) is 33.2. The van der Waals surface area contributed by atoms with Crippen molar-refractivity contribution in [1.29, 1.82) is 0 Å². The predicted octanol–water partition coefficient (Wildman–Crippen LogP) is 6.77. The SMILES string of the molecule is N[C@H](CN1CCCC1)[C@H](O)c1ccc(OC(F)F)cc1.O=C(N[C@H](CN1CCCC1)[C@H](O)c1ccc(OC(F)F)cc1)[C@@H]1CCN(c2ccccc2)C1.O=C(O)[C@@H]1CCN(c2ccccc2)C1.[W]. The fourth-order valence-electron chi connectivity index (χ4n) is 8.99. The van der Waals surface area contributed by atoms with Crippen LogP contribution < -0.4 is 30.3 Å². The van der Waals surface area contributed by atoms with Crippen LogP contribution in [0.25, 0.3) is 0 Å². The molecule has 18 heteroatoms. The van der Waals surface area contributed by atoms with Crippen LogP contribution in [0.15, 0.2) is 109 Å². The number of aliphatic hydroxyl groups is 2. The summed E-state index contributed by atoms with van der Waals surface area (Å²) in [6.07, 6.45) is 4.29. The van der Waals surface area contributed by atoms with Crippen LogP contribution in [-0.4, -0.2) is 128 Å². The van der Waals surface area contributed by atoms with Gasteiger partial charge < -0.3 is 55.4 Å². The van der Waals surface area contributed by atoms with Crippen LogP contribution in [0.4, 0.5) is 28.9 Å². The van der Waals surface area contributed by atoms with E-state index in [-0.39, 0.29) is 50.3 Å². The largest absolute Gasteiger partial charge is 0.481 e. The van der Waals surface area contributed by atoms with Crippen molar-refractivity contribution in [2.24, 2.45) is 17.6 Å². The number of anilines is 2. The summed E-state index contributed by atoms with van der Waals surface area (Å²) in [6, 6.07) is 31.0. The molecule has 6 atom stereocenters. The summed E-state index contributed by atoms with van der Waals surface area (Å²) >= 11 is 0. The second-order valence-electron chi connectivity index (χ2n) is 17.5. The number of carbonyl (C=O) groups is 2. The van der Waals surface area contributed by atoms with Gasteiger partial charge in [-0.15, -0.1) is 0 Å². The summed E-state index contributed by atoms with van der Waals surface area (Å²) in [5.41, 5.74) is 9.39. The Balaban J connectivity index is 0.000000209. The van der Waals surface area contributed by atoms with Gasteiger partial charge in [-0.05, 0) is 124 Å². The van der Waals surface area contributed by atoms with Gasteiger partial charge in [-0.25, -0.2) is 0 Å². The zero-order valence-electron chi connectivity index (χ0n) is 38.1. The van der Waals surface area contributed by atoms with Crippen LogP contribution in [0.1, 0.15) is 61.9 Å². The molecule has 13 nitrogen and oxygen atoms in total. The van der Waals surface area contributed by atoms with Crippen molar-refractivity contribution >= 4 is 23.3 Å². The van der Waals surface area contributed by atoms with Gasteiger partial charge in [0.15, 0.2) is 0 Å². The third-order valence-electron chi connectivity index (χ3n) is 12.7. The normalized spacial score (nSPS) is 20.1. The molecule has 4 aromatic carbocycles. The second-order valence-corrected chi connectivity index (χ2v) is 17.5. The predicted molar refractivity (Wildman–Crippen MR) is 248 cm³/mol. The molecule has 0 aromatic heterocycles. The number of nitrogens with zero attached hydrogens (tertiary/aromatic N) is 4. The average Bonchev–Trinajstić information content (AvgIpc) is 4.19. The molecule has 0 bridgehead atoms. The number of hydrogen-bond acceptors (Lipinski definition) is 11. The van der Waals surface area contributed by atoms with Crippen molar-refractivity contribution in [2.45, 2.75) is 76.0 Å². The van der Waals surface area contributed by atoms with E-state index in [2.05, 4.69) is 34.4 Å². The molecule has 4 fully saturated rings. The van der Waals surface area contributed by atoms with Crippen molar-refractivity contribution in [1.82, 2.24) is 15.1 Å². The van der Waals surface area contributed by atoms with E-state index in [4.69, 9.17) is 10.8 Å². The first-order valence-electron chi connectivity index (χ1n) is 23.1. The molecule has 4 aliphatic heterocycles. The molecular weight excluding hydrogens is 1060 g/mol. The van der Waals surface area contributed by atoms with Gasteiger partial charge in [0.05, 0.1) is 24.0 Å². The maximum absolute atomic E-state index is 13.1. The number of carboxylic acids is 1. The molecule has 0 saturated carbocycles. The number of ether oxygens (including phenoxy) is 2. The molecule has 4 aromatic rings. The number of aliphatic hydroxyl groups excluding tert-OH is 2. The zero-order chi connectivity index (χ0) is 47.7. The standard InChI is InChI=1S/C25H31F2N3O3.C14H20F2N2O2.C11H13NO2.W/c26-25(27)33-21-10-8-18(9-11-21)23(31)22(17-29-13-4-5-14-29)28-24(32)19-12-15-30(16-19)20-6-2-1-3-7-20;15-14(16)20-11-5-3-10(4-6-11)13(19)12(17)9-18-7-1-2-8-18;13-11(14)9-6-7-12(8-9)10-4-2-1-3-5-10;/h1-3,6-11,19,22-23,25,31H,4-5,12-17H2,(H,28,32);3-6,12-14,19H,1-2,7-9,17H2;1-5,9H,6-8H2,(H,13,14);/t19-,22-,23-;12-,13-;9-;/m111./s1. The van der Waals surface area contributed by atoms with Gasteiger partial charge in [0.1, 0.15) is 17.6 Å². The number of hydrogen-bond donors (Lipinski definition) is 5. The molecule has 0 radical (unpaired) electrons. The molecule has 370 valence electrons. The number of carboxylic acid groups (broad SMARTS) is 1. The van der Waals surface area contributed by atoms with Gasteiger partial charge in [-0.1, -0.05) is 60.7 Å². The minimum absolute atomic E-state index is 0. The quantitative estimate of drug-likeness (QED) is 0.0707. The van der Waals surface area contributed by atoms with E-state index in [1.54, 1.807) is 24.3 Å². The molecule has 8 rings (SSSR count). The minimum atomic E-state index is -2.90. The number of halogens is 4. The summed E-state index contributed by atoms with van der Waals surface area (Å²) in [6.45, 7) is 2.27. The fraction of sp³-hybridized carbons (Fsp3) is 0.480. The topological polar surface area (TPSA) is 164 Å². The summed E-state index contributed by atoms with van der Waals surface area (Å²) in [4.78, 5) is 32.7. The number of aliphatic carboxylic acids is 1. The third kappa shape index (κ3) is 16.7. The van der Waals surface area contributed by atoms with E-state index in [1.165, 1.54) is 37.1 Å². The Morgan fingerprint density at radius 1 is 0.603 bits per heavy atom. The van der Waals surface area contributed by atoms with Crippen LogP contribution in [-0.2, 0) is 30.7 Å². The summed E-state index contributed by atoms with van der Waals surface area (Å²) in [5.74, 6) is -0.981. The van der Waals surface area contributed by atoms with Crippen molar-refractivity contribution in [3.8, 4) is 11.5 Å². The van der Waals surface area contributed by atoms with Gasteiger partial charge >= 0.3 is 19.2 Å². The number of carbonyl (C=O) groups excluding carboxylic acids is 1. The molecule has 0 spiro atoms. The first-order chi connectivity index (χ1) is 32.3. The first-order valence-corrected chi connectivity index (χ1v) is 23.1. The number of amides is 1. The Kier molecular flexibility index (Phi) is 21.8. The van der Waals surface area contributed by atoms with Crippen molar-refractivity contribution in [3.63, 3.8) is 0 Å². The zero-order valence-corrected chi connectivity index (χ0v) is 41.0. The van der Waals surface area contributed by atoms with Crippen LogP contribution in [0.3, 0.4) is 0 Å². The van der Waals surface area contributed by atoms with Gasteiger partial charge in [-0.2, -0.15) is 17.6 Å². The van der Waals surface area contributed by atoms with Gasteiger partial charge in [0.2, 0.25) is 5.91 Å². The molecule has 4 saturated heterocycles. The Morgan fingerprint density at radius 2 is 1.01 bits per heavy atom. The van der Waals surface area contributed by atoms with Crippen molar-refractivity contribution in [3.05, 3.63) is 120 Å². The van der Waals surface area contributed by atoms with E-state index >= 15 is 0 Å². The van der Waals surface area contributed by atoms with Crippen molar-refractivity contribution in [2.75, 3.05) is 75.2 Å². The molecule has 4 aliphatic rings. The maximum atomic E-state index is 13.1. The van der Waals surface area contributed by atoms with Crippen LogP contribution in [0.5, 0.6) is 11.5 Å². The van der Waals surface area contributed by atoms with Crippen LogP contribution in [0.2, 0.25) is 0 Å². The maximum Gasteiger partial charge on any atom is 0.387 e. The molecule has 4 heterocycles. The number of nitrogens with one attached hydrogen (secondary N) is 1. The van der Waals surface area contributed by atoms with Gasteiger partial charge in [0.25, 0.3) is 0 Å².